The molecule has 0 bridgehead atoms. The normalized spacial score (nSPS) is 16.8. The van der Waals surface area contributed by atoms with Crippen LogP contribution in [0.5, 0.6) is 0 Å². The Balaban J connectivity index is 1.74. The Labute approximate surface area is 101 Å². The number of carbonyl (C=O) groups excluding carboxylic acids is 1. The molecule has 94 valence electrons. The number of rotatable bonds is 6. The van der Waals surface area contributed by atoms with Crippen LogP contribution in [0.25, 0.3) is 0 Å². The average molecular weight is 237 g/mol. The lowest BCUT2D eigenvalue weighted by Gasteiger charge is -2.09. The fraction of sp³-hybridized carbons (Fsp3) is 0.615. The standard InChI is InChI=1S/C13H19NO3/c1-9(10-3-4-10)7-14-8-11-5-6-12(17-11)13(15)16-2/h5-6,9-10,14H,3-4,7-8H2,1-2H3. The van der Waals surface area contributed by atoms with Crippen LogP contribution in [0.4, 0.5) is 0 Å². The SMILES string of the molecule is COC(=O)c1ccc(CNCC(C)C2CC2)o1. The molecule has 1 N–H and O–H groups in total. The van der Waals surface area contributed by atoms with Gasteiger partial charge in [0.15, 0.2) is 0 Å². The van der Waals surface area contributed by atoms with Crippen molar-refractivity contribution in [1.29, 1.82) is 0 Å². The summed E-state index contributed by atoms with van der Waals surface area (Å²) in [7, 11) is 1.35. The summed E-state index contributed by atoms with van der Waals surface area (Å²) in [6.45, 7) is 3.93. The largest absolute Gasteiger partial charge is 0.463 e. The Morgan fingerprint density at radius 2 is 2.35 bits per heavy atom. The van der Waals surface area contributed by atoms with E-state index in [0.29, 0.717) is 6.54 Å². The van der Waals surface area contributed by atoms with Gasteiger partial charge >= 0.3 is 5.97 Å². The van der Waals surface area contributed by atoms with E-state index >= 15 is 0 Å². The lowest BCUT2D eigenvalue weighted by atomic mass is 10.1. The van der Waals surface area contributed by atoms with Gasteiger partial charge in [-0.05, 0) is 43.4 Å². The van der Waals surface area contributed by atoms with Gasteiger partial charge in [-0.15, -0.1) is 0 Å². The summed E-state index contributed by atoms with van der Waals surface area (Å²) in [4.78, 5) is 11.2. The summed E-state index contributed by atoms with van der Waals surface area (Å²) >= 11 is 0. The van der Waals surface area contributed by atoms with Crippen molar-refractivity contribution >= 4 is 5.97 Å². The number of hydrogen-bond acceptors (Lipinski definition) is 4. The zero-order valence-electron chi connectivity index (χ0n) is 10.4. The molecule has 1 unspecified atom stereocenters. The van der Waals surface area contributed by atoms with E-state index in [-0.39, 0.29) is 5.76 Å². The van der Waals surface area contributed by atoms with E-state index in [9.17, 15) is 4.79 Å². The third-order valence-corrected chi connectivity index (χ3v) is 3.24. The Kier molecular flexibility index (Phi) is 3.84. The number of carbonyl (C=O) groups is 1. The number of furan rings is 1. The first-order chi connectivity index (χ1) is 8.20. The molecule has 1 saturated carbocycles. The van der Waals surface area contributed by atoms with Gasteiger partial charge in [-0.2, -0.15) is 0 Å². The molecule has 1 aromatic heterocycles. The number of esters is 1. The van der Waals surface area contributed by atoms with Crippen molar-refractivity contribution in [3.8, 4) is 0 Å². The Hall–Kier alpha value is -1.29. The van der Waals surface area contributed by atoms with Gasteiger partial charge in [-0.3, -0.25) is 0 Å². The maximum atomic E-state index is 11.2. The Morgan fingerprint density at radius 1 is 1.59 bits per heavy atom. The van der Waals surface area contributed by atoms with Gasteiger partial charge in [0.1, 0.15) is 5.76 Å². The molecule has 4 heteroatoms. The van der Waals surface area contributed by atoms with Crippen LogP contribution < -0.4 is 5.32 Å². The lowest BCUT2D eigenvalue weighted by molar-refractivity contribution is 0.0563. The minimum atomic E-state index is -0.428. The summed E-state index contributed by atoms with van der Waals surface area (Å²) in [6, 6.07) is 3.45. The summed E-state index contributed by atoms with van der Waals surface area (Å²) < 4.78 is 9.94. The molecule has 0 aromatic carbocycles. The fourth-order valence-corrected chi connectivity index (χ4v) is 1.94. The maximum Gasteiger partial charge on any atom is 0.373 e. The van der Waals surface area contributed by atoms with Crippen LogP contribution in [-0.4, -0.2) is 19.6 Å². The Morgan fingerprint density at radius 3 is 3.00 bits per heavy atom. The first-order valence-electron chi connectivity index (χ1n) is 6.08. The highest BCUT2D eigenvalue weighted by atomic mass is 16.5. The van der Waals surface area contributed by atoms with Gasteiger partial charge in [0.2, 0.25) is 5.76 Å². The molecule has 1 heterocycles. The second-order valence-corrected chi connectivity index (χ2v) is 4.70. The van der Waals surface area contributed by atoms with E-state index in [2.05, 4.69) is 17.0 Å². The van der Waals surface area contributed by atoms with Crippen molar-refractivity contribution < 1.29 is 13.9 Å². The molecule has 2 rings (SSSR count). The van der Waals surface area contributed by atoms with Crippen molar-refractivity contribution in [3.05, 3.63) is 23.7 Å². The van der Waals surface area contributed by atoms with E-state index in [1.54, 1.807) is 12.1 Å². The van der Waals surface area contributed by atoms with Gasteiger partial charge < -0.3 is 14.5 Å². The van der Waals surface area contributed by atoms with Crippen molar-refractivity contribution in [2.75, 3.05) is 13.7 Å². The minimum absolute atomic E-state index is 0.263. The molecule has 1 atom stereocenters. The molecule has 1 aliphatic rings. The average Bonchev–Trinajstić information content (AvgIpc) is 3.08. The molecule has 1 fully saturated rings. The molecular weight excluding hydrogens is 218 g/mol. The van der Waals surface area contributed by atoms with Crippen LogP contribution in [-0.2, 0) is 11.3 Å². The van der Waals surface area contributed by atoms with Gasteiger partial charge in [0.25, 0.3) is 0 Å². The van der Waals surface area contributed by atoms with Gasteiger partial charge in [-0.1, -0.05) is 6.92 Å². The fourth-order valence-electron chi connectivity index (χ4n) is 1.94. The number of nitrogens with one attached hydrogen (secondary N) is 1. The Bertz CT molecular complexity index is 382. The molecule has 0 spiro atoms. The molecule has 17 heavy (non-hydrogen) atoms. The highest BCUT2D eigenvalue weighted by Crippen LogP contribution is 2.36. The van der Waals surface area contributed by atoms with Crippen LogP contribution in [0.2, 0.25) is 0 Å². The van der Waals surface area contributed by atoms with E-state index in [1.165, 1.54) is 20.0 Å². The summed E-state index contributed by atoms with van der Waals surface area (Å²) in [5, 5.41) is 3.35. The molecule has 0 aliphatic heterocycles. The van der Waals surface area contributed by atoms with E-state index in [4.69, 9.17) is 4.42 Å². The van der Waals surface area contributed by atoms with Crippen molar-refractivity contribution in [2.45, 2.75) is 26.3 Å². The smallest absolute Gasteiger partial charge is 0.373 e. The molecule has 1 aliphatic carbocycles. The van der Waals surface area contributed by atoms with Gasteiger partial charge in [0, 0.05) is 0 Å². The molecule has 1 aromatic rings. The van der Waals surface area contributed by atoms with E-state index < -0.39 is 5.97 Å². The summed E-state index contributed by atoms with van der Waals surface area (Å²) in [5.41, 5.74) is 0. The third-order valence-electron chi connectivity index (χ3n) is 3.24. The van der Waals surface area contributed by atoms with Crippen molar-refractivity contribution in [3.63, 3.8) is 0 Å². The van der Waals surface area contributed by atoms with Crippen molar-refractivity contribution in [2.24, 2.45) is 11.8 Å². The summed E-state index contributed by atoms with van der Waals surface area (Å²) in [6.07, 6.45) is 2.74. The molecular formula is C13H19NO3. The zero-order chi connectivity index (χ0) is 12.3. The van der Waals surface area contributed by atoms with Gasteiger partial charge in [0.05, 0.1) is 13.7 Å². The van der Waals surface area contributed by atoms with E-state index in [1.807, 2.05) is 0 Å². The van der Waals surface area contributed by atoms with Gasteiger partial charge in [-0.25, -0.2) is 4.79 Å². The van der Waals surface area contributed by atoms with Crippen molar-refractivity contribution in [1.82, 2.24) is 5.32 Å². The number of hydrogen-bond donors (Lipinski definition) is 1. The first-order valence-corrected chi connectivity index (χ1v) is 6.08. The quantitative estimate of drug-likeness (QED) is 0.771. The predicted molar refractivity (Wildman–Crippen MR) is 63.6 cm³/mol. The molecule has 0 saturated heterocycles. The van der Waals surface area contributed by atoms with E-state index in [0.717, 1.165) is 24.1 Å². The summed E-state index contributed by atoms with van der Waals surface area (Å²) in [5.74, 6) is 2.24. The zero-order valence-corrected chi connectivity index (χ0v) is 10.4. The molecule has 0 amide bonds. The lowest BCUT2D eigenvalue weighted by Crippen LogP contribution is -2.21. The number of ether oxygens (including phenoxy) is 1. The monoisotopic (exact) mass is 237 g/mol. The molecule has 4 nitrogen and oxygen atoms in total. The second-order valence-electron chi connectivity index (χ2n) is 4.70. The maximum absolute atomic E-state index is 11.2. The highest BCUT2D eigenvalue weighted by molar-refractivity contribution is 5.86. The third kappa shape index (κ3) is 3.33. The van der Waals surface area contributed by atoms with Crippen LogP contribution >= 0.6 is 0 Å². The van der Waals surface area contributed by atoms with Crippen LogP contribution in [0.1, 0.15) is 36.1 Å². The second kappa shape index (κ2) is 5.36. The topological polar surface area (TPSA) is 51.5 Å². The number of methoxy groups -OCH3 is 1. The first kappa shape index (κ1) is 12.2. The minimum Gasteiger partial charge on any atom is -0.463 e. The van der Waals surface area contributed by atoms with Crippen LogP contribution in [0.15, 0.2) is 16.5 Å². The predicted octanol–water partition coefficient (Wildman–Crippen LogP) is 2.20. The van der Waals surface area contributed by atoms with Crippen LogP contribution in [0, 0.1) is 11.8 Å². The van der Waals surface area contributed by atoms with Crippen LogP contribution in [0.3, 0.4) is 0 Å². The molecule has 0 radical (unpaired) electrons. The highest BCUT2D eigenvalue weighted by Gasteiger charge is 2.27.